The summed E-state index contributed by atoms with van der Waals surface area (Å²) in [7, 11) is 2.25. The fourth-order valence-corrected chi connectivity index (χ4v) is 2.85. The largest absolute Gasteiger partial charge is 0.395 e. The fraction of sp³-hybridized carbons (Fsp3) is 1.00. The van der Waals surface area contributed by atoms with Crippen molar-refractivity contribution in [3.05, 3.63) is 0 Å². The van der Waals surface area contributed by atoms with Crippen molar-refractivity contribution in [1.82, 2.24) is 10.2 Å². The summed E-state index contributed by atoms with van der Waals surface area (Å²) in [5.41, 5.74) is 0. The summed E-state index contributed by atoms with van der Waals surface area (Å²) in [5.74, 6) is 0. The van der Waals surface area contributed by atoms with E-state index in [-0.39, 0.29) is 12.6 Å². The highest BCUT2D eigenvalue weighted by molar-refractivity contribution is 4.74. The Labute approximate surface area is 113 Å². The lowest BCUT2D eigenvalue weighted by atomic mass is 10.1. The van der Waals surface area contributed by atoms with E-state index in [2.05, 4.69) is 24.2 Å². The SMILES string of the molecule is CCCNC(CO)CCN(C)C1CCCCCC1. The van der Waals surface area contributed by atoms with Crippen LogP contribution < -0.4 is 5.32 Å². The van der Waals surface area contributed by atoms with Crippen molar-refractivity contribution in [2.75, 3.05) is 26.7 Å². The summed E-state index contributed by atoms with van der Waals surface area (Å²) < 4.78 is 0. The zero-order valence-electron chi connectivity index (χ0n) is 12.3. The van der Waals surface area contributed by atoms with Gasteiger partial charge in [-0.25, -0.2) is 0 Å². The van der Waals surface area contributed by atoms with Crippen molar-refractivity contribution >= 4 is 0 Å². The number of aliphatic hydroxyl groups is 1. The van der Waals surface area contributed by atoms with E-state index in [1.807, 2.05) is 0 Å². The highest BCUT2D eigenvalue weighted by Gasteiger charge is 2.17. The van der Waals surface area contributed by atoms with Crippen LogP contribution in [0.1, 0.15) is 58.3 Å². The molecule has 0 amide bonds. The molecule has 0 radical (unpaired) electrons. The molecular formula is C15H32N2O. The molecule has 0 aromatic carbocycles. The average molecular weight is 256 g/mol. The fourth-order valence-electron chi connectivity index (χ4n) is 2.85. The van der Waals surface area contributed by atoms with Crippen LogP contribution in [0.4, 0.5) is 0 Å². The molecule has 0 heterocycles. The highest BCUT2D eigenvalue weighted by atomic mass is 16.3. The second-order valence-electron chi connectivity index (χ2n) is 5.75. The van der Waals surface area contributed by atoms with Gasteiger partial charge in [-0.1, -0.05) is 32.6 Å². The smallest absolute Gasteiger partial charge is 0.0585 e. The third-order valence-corrected chi connectivity index (χ3v) is 4.18. The van der Waals surface area contributed by atoms with Crippen molar-refractivity contribution < 1.29 is 5.11 Å². The number of rotatable bonds is 8. The molecule has 1 atom stereocenters. The summed E-state index contributed by atoms with van der Waals surface area (Å²) in [5, 5.41) is 12.8. The van der Waals surface area contributed by atoms with Crippen LogP contribution in [0.2, 0.25) is 0 Å². The maximum absolute atomic E-state index is 9.34. The van der Waals surface area contributed by atoms with Crippen molar-refractivity contribution in [3.8, 4) is 0 Å². The van der Waals surface area contributed by atoms with Crippen LogP contribution in [0, 0.1) is 0 Å². The molecule has 0 spiro atoms. The van der Waals surface area contributed by atoms with E-state index >= 15 is 0 Å². The lowest BCUT2D eigenvalue weighted by Crippen LogP contribution is -2.39. The van der Waals surface area contributed by atoms with Gasteiger partial charge in [0.2, 0.25) is 0 Å². The van der Waals surface area contributed by atoms with Gasteiger partial charge < -0.3 is 15.3 Å². The van der Waals surface area contributed by atoms with Crippen LogP contribution in [0.3, 0.4) is 0 Å². The zero-order valence-corrected chi connectivity index (χ0v) is 12.3. The minimum atomic E-state index is 0.262. The lowest BCUT2D eigenvalue weighted by molar-refractivity contribution is 0.184. The van der Waals surface area contributed by atoms with E-state index in [9.17, 15) is 5.11 Å². The third kappa shape index (κ3) is 6.17. The molecule has 1 aliphatic rings. The Morgan fingerprint density at radius 2 is 1.89 bits per heavy atom. The van der Waals surface area contributed by atoms with Crippen molar-refractivity contribution in [2.24, 2.45) is 0 Å². The Bertz CT molecular complexity index is 191. The summed E-state index contributed by atoms with van der Waals surface area (Å²) in [4.78, 5) is 2.52. The van der Waals surface area contributed by atoms with Gasteiger partial charge in [0, 0.05) is 12.1 Å². The first-order chi connectivity index (χ1) is 8.77. The number of nitrogens with one attached hydrogen (secondary N) is 1. The molecule has 18 heavy (non-hydrogen) atoms. The molecule has 108 valence electrons. The van der Waals surface area contributed by atoms with Crippen molar-refractivity contribution in [2.45, 2.75) is 70.4 Å². The van der Waals surface area contributed by atoms with Crippen molar-refractivity contribution in [1.29, 1.82) is 0 Å². The number of aliphatic hydroxyl groups excluding tert-OH is 1. The molecule has 2 N–H and O–H groups in total. The van der Waals surface area contributed by atoms with Gasteiger partial charge in [0.15, 0.2) is 0 Å². The first-order valence-corrected chi connectivity index (χ1v) is 7.82. The summed E-state index contributed by atoms with van der Waals surface area (Å²) in [6.45, 7) is 4.54. The Morgan fingerprint density at radius 3 is 2.44 bits per heavy atom. The molecule has 3 heteroatoms. The van der Waals surface area contributed by atoms with E-state index < -0.39 is 0 Å². The Morgan fingerprint density at radius 1 is 1.22 bits per heavy atom. The third-order valence-electron chi connectivity index (χ3n) is 4.18. The van der Waals surface area contributed by atoms with Gasteiger partial charge in [-0.05, 0) is 45.8 Å². The van der Waals surface area contributed by atoms with Crippen LogP contribution in [0.5, 0.6) is 0 Å². The van der Waals surface area contributed by atoms with E-state index in [1.165, 1.54) is 38.5 Å². The molecule has 1 saturated carbocycles. The van der Waals surface area contributed by atoms with Crippen LogP contribution in [0.15, 0.2) is 0 Å². The van der Waals surface area contributed by atoms with Gasteiger partial charge in [0.25, 0.3) is 0 Å². The Hall–Kier alpha value is -0.120. The molecule has 3 nitrogen and oxygen atoms in total. The maximum Gasteiger partial charge on any atom is 0.0585 e. The topological polar surface area (TPSA) is 35.5 Å². The molecular weight excluding hydrogens is 224 g/mol. The minimum absolute atomic E-state index is 0.262. The molecule has 1 fully saturated rings. The van der Waals surface area contributed by atoms with Gasteiger partial charge in [-0.2, -0.15) is 0 Å². The quantitative estimate of drug-likeness (QED) is 0.655. The zero-order chi connectivity index (χ0) is 13.2. The minimum Gasteiger partial charge on any atom is -0.395 e. The predicted molar refractivity (Wildman–Crippen MR) is 77.9 cm³/mol. The summed E-state index contributed by atoms with van der Waals surface area (Å²) >= 11 is 0. The average Bonchev–Trinajstić information content (AvgIpc) is 2.67. The normalized spacial score (nSPS) is 20.0. The lowest BCUT2D eigenvalue weighted by Gasteiger charge is -2.28. The first-order valence-electron chi connectivity index (χ1n) is 7.82. The maximum atomic E-state index is 9.34. The molecule has 0 aliphatic heterocycles. The summed E-state index contributed by atoms with van der Waals surface area (Å²) in [6, 6.07) is 1.05. The monoisotopic (exact) mass is 256 g/mol. The molecule has 1 rings (SSSR count). The molecule has 0 saturated heterocycles. The second-order valence-corrected chi connectivity index (χ2v) is 5.75. The summed E-state index contributed by atoms with van der Waals surface area (Å²) in [6.07, 6.45) is 10.5. The van der Waals surface area contributed by atoms with Gasteiger partial charge in [0.05, 0.1) is 6.61 Å². The highest BCUT2D eigenvalue weighted by Crippen LogP contribution is 2.21. The number of nitrogens with zero attached hydrogens (tertiary/aromatic N) is 1. The van der Waals surface area contributed by atoms with Gasteiger partial charge in [-0.3, -0.25) is 0 Å². The standard InChI is InChI=1S/C15H32N2O/c1-3-11-16-14(13-18)10-12-17(2)15-8-6-4-5-7-9-15/h14-16,18H,3-13H2,1-2H3. The predicted octanol–water partition coefficient (Wildman–Crippen LogP) is 2.39. The number of hydrogen-bond donors (Lipinski definition) is 2. The van der Waals surface area contributed by atoms with Crippen LogP contribution >= 0.6 is 0 Å². The van der Waals surface area contributed by atoms with E-state index in [4.69, 9.17) is 0 Å². The van der Waals surface area contributed by atoms with E-state index in [1.54, 1.807) is 0 Å². The first kappa shape index (κ1) is 15.9. The van der Waals surface area contributed by atoms with E-state index in [0.717, 1.165) is 32.0 Å². The van der Waals surface area contributed by atoms with Gasteiger partial charge in [0.1, 0.15) is 0 Å². The molecule has 0 aromatic heterocycles. The van der Waals surface area contributed by atoms with Crippen LogP contribution in [0.25, 0.3) is 0 Å². The Kier molecular flexibility index (Phi) is 8.64. The molecule has 1 aliphatic carbocycles. The molecule has 1 unspecified atom stereocenters. The van der Waals surface area contributed by atoms with Gasteiger partial charge >= 0.3 is 0 Å². The molecule has 0 bridgehead atoms. The van der Waals surface area contributed by atoms with Crippen molar-refractivity contribution in [3.63, 3.8) is 0 Å². The van der Waals surface area contributed by atoms with E-state index in [0.29, 0.717) is 0 Å². The van der Waals surface area contributed by atoms with Crippen LogP contribution in [-0.4, -0.2) is 48.8 Å². The molecule has 0 aromatic rings. The Balaban J connectivity index is 2.22. The second kappa shape index (κ2) is 9.76. The number of hydrogen-bond acceptors (Lipinski definition) is 3. The van der Waals surface area contributed by atoms with Crippen LogP contribution in [-0.2, 0) is 0 Å². The van der Waals surface area contributed by atoms with Gasteiger partial charge in [-0.15, -0.1) is 0 Å².